The van der Waals surface area contributed by atoms with Crippen molar-refractivity contribution in [3.05, 3.63) is 29.7 Å². The number of carboxylic acid groups (broad SMARTS) is 1. The Morgan fingerprint density at radius 3 is 3.00 bits per heavy atom. The van der Waals surface area contributed by atoms with Gasteiger partial charge in [-0.15, -0.1) is 0 Å². The number of anilines is 1. The first-order valence-corrected chi connectivity index (χ1v) is 5.79. The maximum absolute atomic E-state index is 11.1. The fourth-order valence-electron chi connectivity index (χ4n) is 1.98. The van der Waals surface area contributed by atoms with E-state index in [4.69, 9.17) is 10.8 Å². The standard InChI is InChI=1S/C12H16N4O2/c1-14-7-3-6-10-15-11(12(17)18)8-4-2-5-9(13)16(8)10/h2,4-5,14H,3,6-7,13H2,1H3,(H,17,18). The number of aryl methyl sites for hydroxylation is 1. The van der Waals surface area contributed by atoms with Gasteiger partial charge in [-0.2, -0.15) is 0 Å². The number of aromatic nitrogens is 2. The molecular formula is C12H16N4O2. The zero-order chi connectivity index (χ0) is 13.1. The lowest BCUT2D eigenvalue weighted by Gasteiger charge is -2.04. The molecule has 6 nitrogen and oxygen atoms in total. The Morgan fingerprint density at radius 2 is 2.33 bits per heavy atom. The summed E-state index contributed by atoms with van der Waals surface area (Å²) in [7, 11) is 1.88. The first kappa shape index (κ1) is 12.4. The Balaban J connectivity index is 2.48. The van der Waals surface area contributed by atoms with Crippen LogP contribution in [0.4, 0.5) is 5.82 Å². The van der Waals surface area contributed by atoms with Gasteiger partial charge < -0.3 is 16.2 Å². The number of hydrogen-bond donors (Lipinski definition) is 3. The van der Waals surface area contributed by atoms with Gasteiger partial charge in [-0.3, -0.25) is 4.40 Å². The molecule has 0 aliphatic heterocycles. The summed E-state index contributed by atoms with van der Waals surface area (Å²) in [5.74, 6) is 0.167. The van der Waals surface area contributed by atoms with E-state index in [1.165, 1.54) is 0 Å². The van der Waals surface area contributed by atoms with Crippen LogP contribution in [-0.2, 0) is 6.42 Å². The summed E-state index contributed by atoms with van der Waals surface area (Å²) in [5, 5.41) is 12.2. The van der Waals surface area contributed by atoms with Crippen molar-refractivity contribution in [2.75, 3.05) is 19.3 Å². The molecule has 0 radical (unpaired) electrons. The summed E-state index contributed by atoms with van der Waals surface area (Å²) in [6, 6.07) is 5.19. The quantitative estimate of drug-likeness (QED) is 0.679. The van der Waals surface area contributed by atoms with E-state index in [-0.39, 0.29) is 5.69 Å². The predicted octanol–water partition coefficient (Wildman–Crippen LogP) is 0.767. The molecule has 2 aromatic heterocycles. The summed E-state index contributed by atoms with van der Waals surface area (Å²) >= 11 is 0. The van der Waals surface area contributed by atoms with Crippen LogP contribution in [0, 0.1) is 0 Å². The number of nitrogen functional groups attached to an aromatic ring is 1. The van der Waals surface area contributed by atoms with Crippen molar-refractivity contribution in [2.24, 2.45) is 0 Å². The number of fused-ring (bicyclic) bond motifs is 1. The van der Waals surface area contributed by atoms with E-state index in [2.05, 4.69) is 10.3 Å². The van der Waals surface area contributed by atoms with Crippen molar-refractivity contribution in [3.8, 4) is 0 Å². The molecule has 0 aromatic carbocycles. The van der Waals surface area contributed by atoms with E-state index >= 15 is 0 Å². The molecule has 0 aliphatic carbocycles. The lowest BCUT2D eigenvalue weighted by Crippen LogP contribution is -2.10. The molecule has 6 heteroatoms. The molecule has 0 amide bonds. The molecule has 2 rings (SSSR count). The first-order chi connectivity index (χ1) is 8.65. The highest BCUT2D eigenvalue weighted by Crippen LogP contribution is 2.18. The van der Waals surface area contributed by atoms with Crippen molar-refractivity contribution in [3.63, 3.8) is 0 Å². The Kier molecular flexibility index (Phi) is 3.47. The minimum atomic E-state index is -1.03. The number of carbonyl (C=O) groups is 1. The molecule has 2 aromatic rings. The molecule has 0 bridgehead atoms. The molecule has 0 atom stereocenters. The van der Waals surface area contributed by atoms with Gasteiger partial charge in [0.25, 0.3) is 0 Å². The molecule has 0 saturated carbocycles. The molecule has 2 heterocycles. The SMILES string of the molecule is CNCCCc1nc(C(=O)O)c2cccc(N)n12. The molecule has 0 spiro atoms. The Labute approximate surface area is 104 Å². The zero-order valence-electron chi connectivity index (χ0n) is 10.2. The van der Waals surface area contributed by atoms with E-state index in [0.717, 1.165) is 13.0 Å². The number of pyridine rings is 1. The summed E-state index contributed by atoms with van der Waals surface area (Å²) in [6.07, 6.45) is 1.56. The van der Waals surface area contributed by atoms with Gasteiger partial charge in [0.2, 0.25) is 0 Å². The second-order valence-electron chi connectivity index (χ2n) is 4.06. The first-order valence-electron chi connectivity index (χ1n) is 5.79. The van der Waals surface area contributed by atoms with Crippen molar-refractivity contribution < 1.29 is 9.90 Å². The maximum Gasteiger partial charge on any atom is 0.356 e. The molecule has 18 heavy (non-hydrogen) atoms. The number of nitrogens with two attached hydrogens (primary N) is 1. The van der Waals surface area contributed by atoms with Gasteiger partial charge in [0.15, 0.2) is 5.69 Å². The molecule has 4 N–H and O–H groups in total. The monoisotopic (exact) mass is 248 g/mol. The summed E-state index contributed by atoms with van der Waals surface area (Å²) in [5.41, 5.74) is 6.49. The van der Waals surface area contributed by atoms with Crippen molar-refractivity contribution in [2.45, 2.75) is 12.8 Å². The number of nitrogens with zero attached hydrogens (tertiary/aromatic N) is 2. The van der Waals surface area contributed by atoms with Crippen LogP contribution in [-0.4, -0.2) is 34.1 Å². The second kappa shape index (κ2) is 5.05. The number of imidazole rings is 1. The fourth-order valence-corrected chi connectivity index (χ4v) is 1.98. The van der Waals surface area contributed by atoms with Gasteiger partial charge in [-0.05, 0) is 32.1 Å². The van der Waals surface area contributed by atoms with Gasteiger partial charge >= 0.3 is 5.97 Å². The highest BCUT2D eigenvalue weighted by molar-refractivity contribution is 5.94. The van der Waals surface area contributed by atoms with Crippen LogP contribution >= 0.6 is 0 Å². The highest BCUT2D eigenvalue weighted by Gasteiger charge is 2.17. The summed E-state index contributed by atoms with van der Waals surface area (Å²) < 4.78 is 1.71. The average molecular weight is 248 g/mol. The molecule has 96 valence electrons. The average Bonchev–Trinajstić information content (AvgIpc) is 2.70. The zero-order valence-corrected chi connectivity index (χ0v) is 10.2. The van der Waals surface area contributed by atoms with E-state index in [1.807, 2.05) is 7.05 Å². The number of aromatic carboxylic acids is 1. The van der Waals surface area contributed by atoms with E-state index < -0.39 is 5.97 Å². The van der Waals surface area contributed by atoms with Crippen molar-refractivity contribution >= 4 is 17.3 Å². The molecular weight excluding hydrogens is 232 g/mol. The van der Waals surface area contributed by atoms with Gasteiger partial charge in [0, 0.05) is 6.42 Å². The summed E-state index contributed by atoms with van der Waals surface area (Å²) in [4.78, 5) is 15.3. The fraction of sp³-hybridized carbons (Fsp3) is 0.333. The Morgan fingerprint density at radius 1 is 1.56 bits per heavy atom. The number of rotatable bonds is 5. The second-order valence-corrected chi connectivity index (χ2v) is 4.06. The van der Waals surface area contributed by atoms with Gasteiger partial charge in [0.05, 0.1) is 5.52 Å². The van der Waals surface area contributed by atoms with E-state index in [0.29, 0.717) is 23.6 Å². The van der Waals surface area contributed by atoms with Crippen LogP contribution < -0.4 is 11.1 Å². The number of carboxylic acids is 1. The smallest absolute Gasteiger partial charge is 0.356 e. The van der Waals surface area contributed by atoms with Crippen LogP contribution in [0.5, 0.6) is 0 Å². The summed E-state index contributed by atoms with van der Waals surface area (Å²) in [6.45, 7) is 0.851. The van der Waals surface area contributed by atoms with Gasteiger partial charge in [-0.1, -0.05) is 6.07 Å². The Hall–Kier alpha value is -2.08. The van der Waals surface area contributed by atoms with E-state index in [9.17, 15) is 4.79 Å². The van der Waals surface area contributed by atoms with Crippen LogP contribution in [0.1, 0.15) is 22.7 Å². The number of hydrogen-bond acceptors (Lipinski definition) is 4. The largest absolute Gasteiger partial charge is 0.476 e. The normalized spacial score (nSPS) is 10.9. The maximum atomic E-state index is 11.1. The van der Waals surface area contributed by atoms with Crippen LogP contribution in [0.25, 0.3) is 5.52 Å². The third-order valence-corrected chi connectivity index (χ3v) is 2.79. The number of nitrogens with one attached hydrogen (secondary N) is 1. The van der Waals surface area contributed by atoms with Gasteiger partial charge in [-0.25, -0.2) is 9.78 Å². The Bertz CT molecular complexity index is 577. The van der Waals surface area contributed by atoms with E-state index in [1.54, 1.807) is 22.6 Å². The minimum absolute atomic E-state index is 0.0572. The highest BCUT2D eigenvalue weighted by atomic mass is 16.4. The minimum Gasteiger partial charge on any atom is -0.476 e. The molecule has 0 fully saturated rings. The molecule has 0 saturated heterocycles. The van der Waals surface area contributed by atoms with Gasteiger partial charge in [0.1, 0.15) is 11.6 Å². The topological polar surface area (TPSA) is 92.6 Å². The third kappa shape index (κ3) is 2.14. The van der Waals surface area contributed by atoms with Crippen molar-refractivity contribution in [1.82, 2.24) is 14.7 Å². The van der Waals surface area contributed by atoms with Crippen molar-refractivity contribution in [1.29, 1.82) is 0 Å². The lowest BCUT2D eigenvalue weighted by atomic mass is 10.3. The molecule has 0 aliphatic rings. The van der Waals surface area contributed by atoms with Crippen LogP contribution in [0.3, 0.4) is 0 Å². The van der Waals surface area contributed by atoms with Crippen LogP contribution in [0.15, 0.2) is 18.2 Å². The predicted molar refractivity (Wildman–Crippen MR) is 68.8 cm³/mol. The van der Waals surface area contributed by atoms with Crippen LogP contribution in [0.2, 0.25) is 0 Å². The molecule has 0 unspecified atom stereocenters. The third-order valence-electron chi connectivity index (χ3n) is 2.79. The lowest BCUT2D eigenvalue weighted by molar-refractivity contribution is 0.0693.